The summed E-state index contributed by atoms with van der Waals surface area (Å²) in [5, 5.41) is 2.82. The van der Waals surface area contributed by atoms with Crippen molar-refractivity contribution in [2.24, 2.45) is 11.7 Å². The van der Waals surface area contributed by atoms with Gasteiger partial charge in [0.2, 0.25) is 5.56 Å². The lowest BCUT2D eigenvalue weighted by atomic mass is 10.0. The summed E-state index contributed by atoms with van der Waals surface area (Å²) in [6, 6.07) is 2.79. The number of halogens is 1. The average Bonchev–Trinajstić information content (AvgIpc) is 2.27. The van der Waals surface area contributed by atoms with Crippen LogP contribution in [0.15, 0.2) is 23.1 Å². The van der Waals surface area contributed by atoms with Crippen LogP contribution < -0.4 is 16.6 Å². The van der Waals surface area contributed by atoms with Crippen molar-refractivity contribution in [3.05, 3.63) is 34.2 Å². The van der Waals surface area contributed by atoms with Crippen LogP contribution in [-0.2, 0) is 0 Å². The maximum absolute atomic E-state index is 11.8. The highest BCUT2D eigenvalue weighted by molar-refractivity contribution is 5.94. The number of amides is 1. The van der Waals surface area contributed by atoms with Gasteiger partial charge in [-0.15, -0.1) is 12.4 Å². The Bertz CT molecular complexity index is 431. The van der Waals surface area contributed by atoms with Gasteiger partial charge in [-0.25, -0.2) is 0 Å². The molecule has 0 bridgehead atoms. The van der Waals surface area contributed by atoms with Crippen molar-refractivity contribution >= 4 is 18.3 Å². The number of nitrogens with one attached hydrogen (secondary N) is 2. The molecule has 18 heavy (non-hydrogen) atoms. The monoisotopic (exact) mass is 273 g/mol. The molecule has 0 fully saturated rings. The van der Waals surface area contributed by atoms with Crippen molar-refractivity contribution in [3.8, 4) is 0 Å². The van der Waals surface area contributed by atoms with E-state index in [0.29, 0.717) is 18.0 Å². The van der Waals surface area contributed by atoms with Crippen LogP contribution in [0.3, 0.4) is 0 Å². The van der Waals surface area contributed by atoms with E-state index in [9.17, 15) is 9.59 Å². The van der Waals surface area contributed by atoms with Crippen LogP contribution in [0.25, 0.3) is 0 Å². The number of aromatic nitrogens is 1. The van der Waals surface area contributed by atoms with Gasteiger partial charge in [0, 0.05) is 30.4 Å². The third-order valence-corrected chi connectivity index (χ3v) is 2.41. The van der Waals surface area contributed by atoms with Crippen LogP contribution in [-0.4, -0.2) is 23.5 Å². The lowest BCUT2D eigenvalue weighted by Gasteiger charge is -2.18. The minimum absolute atomic E-state index is 0. The third-order valence-electron chi connectivity index (χ3n) is 2.41. The molecule has 0 saturated heterocycles. The predicted molar refractivity (Wildman–Crippen MR) is 74.1 cm³/mol. The topological polar surface area (TPSA) is 88.0 Å². The normalized spacial score (nSPS) is 11.8. The molecule has 1 amide bonds. The largest absolute Gasteiger partial charge is 0.348 e. The fourth-order valence-corrected chi connectivity index (χ4v) is 1.64. The Labute approximate surface area is 113 Å². The molecule has 6 heteroatoms. The number of aromatic amines is 1. The number of pyridine rings is 1. The van der Waals surface area contributed by atoms with E-state index in [1.165, 1.54) is 12.3 Å². The number of hydrogen-bond donors (Lipinski definition) is 3. The predicted octanol–water partition coefficient (Wildman–Crippen LogP) is 0.900. The molecule has 102 valence electrons. The average molecular weight is 274 g/mol. The van der Waals surface area contributed by atoms with Gasteiger partial charge in [-0.1, -0.05) is 13.8 Å². The van der Waals surface area contributed by atoms with Crippen LogP contribution in [0, 0.1) is 5.92 Å². The zero-order valence-electron chi connectivity index (χ0n) is 10.6. The molecule has 1 unspecified atom stereocenters. The summed E-state index contributed by atoms with van der Waals surface area (Å²) in [7, 11) is 0. The van der Waals surface area contributed by atoms with Crippen LogP contribution in [0.4, 0.5) is 0 Å². The Kier molecular flexibility index (Phi) is 7.31. The smallest absolute Gasteiger partial charge is 0.251 e. The number of rotatable bonds is 5. The van der Waals surface area contributed by atoms with Crippen molar-refractivity contribution < 1.29 is 4.79 Å². The lowest BCUT2D eigenvalue weighted by Crippen LogP contribution is -2.41. The van der Waals surface area contributed by atoms with Crippen molar-refractivity contribution in [3.63, 3.8) is 0 Å². The van der Waals surface area contributed by atoms with Crippen molar-refractivity contribution in [1.82, 2.24) is 10.3 Å². The number of carbonyl (C=O) groups is 1. The zero-order valence-corrected chi connectivity index (χ0v) is 11.4. The molecule has 1 rings (SSSR count). The summed E-state index contributed by atoms with van der Waals surface area (Å²) in [6.07, 6.45) is 2.28. The van der Waals surface area contributed by atoms with Gasteiger partial charge >= 0.3 is 0 Å². The molecule has 0 radical (unpaired) electrons. The van der Waals surface area contributed by atoms with Crippen molar-refractivity contribution in [2.45, 2.75) is 26.3 Å². The quantitative estimate of drug-likeness (QED) is 0.745. The SMILES string of the molecule is CC(C)CC(CN)NC(=O)c1cc[nH]c(=O)c1.Cl. The van der Waals surface area contributed by atoms with Gasteiger partial charge in [0.1, 0.15) is 0 Å². The Morgan fingerprint density at radius 1 is 1.50 bits per heavy atom. The van der Waals surface area contributed by atoms with E-state index in [2.05, 4.69) is 24.1 Å². The molecule has 0 saturated carbocycles. The number of nitrogens with two attached hydrogens (primary N) is 1. The van der Waals surface area contributed by atoms with Gasteiger partial charge in [-0.2, -0.15) is 0 Å². The zero-order chi connectivity index (χ0) is 12.8. The Morgan fingerprint density at radius 3 is 2.67 bits per heavy atom. The summed E-state index contributed by atoms with van der Waals surface area (Å²) < 4.78 is 0. The minimum Gasteiger partial charge on any atom is -0.348 e. The number of hydrogen-bond acceptors (Lipinski definition) is 3. The van der Waals surface area contributed by atoms with E-state index in [1.807, 2.05) is 0 Å². The summed E-state index contributed by atoms with van der Waals surface area (Å²) in [5.74, 6) is 0.204. The van der Waals surface area contributed by atoms with Gasteiger partial charge in [-0.3, -0.25) is 9.59 Å². The van der Waals surface area contributed by atoms with Gasteiger partial charge in [0.25, 0.3) is 5.91 Å². The second-order valence-electron chi connectivity index (χ2n) is 4.48. The molecule has 0 aliphatic rings. The second kappa shape index (κ2) is 7.89. The summed E-state index contributed by atoms with van der Waals surface area (Å²) in [6.45, 7) is 4.54. The van der Waals surface area contributed by atoms with Crippen molar-refractivity contribution in [2.75, 3.05) is 6.54 Å². The molecule has 0 aliphatic heterocycles. The Balaban J connectivity index is 0.00000289. The van der Waals surface area contributed by atoms with Crippen LogP contribution >= 0.6 is 12.4 Å². The maximum atomic E-state index is 11.8. The molecule has 1 aromatic heterocycles. The van der Waals surface area contributed by atoms with Crippen LogP contribution in [0.5, 0.6) is 0 Å². The molecule has 1 aromatic rings. The summed E-state index contributed by atoms with van der Waals surface area (Å²) in [4.78, 5) is 25.4. The number of H-pyrrole nitrogens is 1. The lowest BCUT2D eigenvalue weighted by molar-refractivity contribution is 0.0933. The van der Waals surface area contributed by atoms with Crippen LogP contribution in [0.2, 0.25) is 0 Å². The number of carbonyl (C=O) groups excluding carboxylic acids is 1. The fourth-order valence-electron chi connectivity index (χ4n) is 1.64. The highest BCUT2D eigenvalue weighted by Gasteiger charge is 2.13. The molecule has 0 aliphatic carbocycles. The first-order chi connectivity index (χ1) is 8.02. The first kappa shape index (κ1) is 16.7. The second-order valence-corrected chi connectivity index (χ2v) is 4.48. The van der Waals surface area contributed by atoms with E-state index < -0.39 is 0 Å². The minimum atomic E-state index is -0.286. The van der Waals surface area contributed by atoms with E-state index >= 15 is 0 Å². The van der Waals surface area contributed by atoms with Gasteiger partial charge in [-0.05, 0) is 18.4 Å². The molecular weight excluding hydrogens is 254 g/mol. The fraction of sp³-hybridized carbons (Fsp3) is 0.500. The highest BCUT2D eigenvalue weighted by Crippen LogP contribution is 2.04. The first-order valence-corrected chi connectivity index (χ1v) is 5.72. The molecular formula is C12H20ClN3O2. The first-order valence-electron chi connectivity index (χ1n) is 5.72. The molecule has 1 heterocycles. The molecule has 0 aromatic carbocycles. The van der Waals surface area contributed by atoms with E-state index in [1.54, 1.807) is 6.07 Å². The Hall–Kier alpha value is -1.33. The van der Waals surface area contributed by atoms with Crippen LogP contribution in [0.1, 0.15) is 30.6 Å². The summed E-state index contributed by atoms with van der Waals surface area (Å²) >= 11 is 0. The van der Waals surface area contributed by atoms with E-state index in [-0.39, 0.29) is 29.9 Å². The molecule has 1 atom stereocenters. The van der Waals surface area contributed by atoms with Gasteiger partial charge in [0.05, 0.1) is 0 Å². The van der Waals surface area contributed by atoms with E-state index in [0.717, 1.165) is 6.42 Å². The van der Waals surface area contributed by atoms with Gasteiger partial charge < -0.3 is 16.0 Å². The maximum Gasteiger partial charge on any atom is 0.251 e. The molecule has 4 N–H and O–H groups in total. The third kappa shape index (κ3) is 5.33. The van der Waals surface area contributed by atoms with Crippen molar-refractivity contribution in [1.29, 1.82) is 0 Å². The highest BCUT2D eigenvalue weighted by atomic mass is 35.5. The molecule has 0 spiro atoms. The Morgan fingerprint density at radius 2 is 2.17 bits per heavy atom. The summed E-state index contributed by atoms with van der Waals surface area (Å²) in [5.41, 5.74) is 5.67. The van der Waals surface area contributed by atoms with E-state index in [4.69, 9.17) is 5.73 Å². The molecule has 5 nitrogen and oxygen atoms in total. The standard InChI is InChI=1S/C12H19N3O2.ClH/c1-8(2)5-10(7-13)15-12(17)9-3-4-14-11(16)6-9;/h3-4,6,8,10H,5,7,13H2,1-2H3,(H,14,16)(H,15,17);1H. The van der Waals surface area contributed by atoms with Gasteiger partial charge in [0.15, 0.2) is 0 Å².